The Hall–Kier alpha value is -3.68. The number of benzene rings is 1. The summed E-state index contributed by atoms with van der Waals surface area (Å²) in [5.74, 6) is 0.532. The molecule has 4 rings (SSSR count). The Kier molecular flexibility index (Phi) is 4.07. The van der Waals surface area contributed by atoms with Gasteiger partial charge in [0.25, 0.3) is 0 Å². The third kappa shape index (κ3) is 3.63. The van der Waals surface area contributed by atoms with Crippen molar-refractivity contribution in [1.29, 1.82) is 0 Å². The first-order valence-corrected chi connectivity index (χ1v) is 7.63. The summed E-state index contributed by atoms with van der Waals surface area (Å²) in [6.45, 7) is 0.685. The van der Waals surface area contributed by atoms with E-state index < -0.39 is 0 Å². The van der Waals surface area contributed by atoms with Crippen LogP contribution in [-0.4, -0.2) is 34.7 Å². The summed E-state index contributed by atoms with van der Waals surface area (Å²) in [6.07, 6.45) is 11.7. The van der Waals surface area contributed by atoms with E-state index in [-0.39, 0.29) is 0 Å². The highest BCUT2D eigenvalue weighted by Gasteiger charge is 2.02. The van der Waals surface area contributed by atoms with Crippen LogP contribution in [0.25, 0.3) is 11.1 Å². The van der Waals surface area contributed by atoms with Crippen LogP contribution in [0.3, 0.4) is 0 Å². The maximum absolute atomic E-state index is 4.33. The average Bonchev–Trinajstić information content (AvgIpc) is 3.18. The Labute approximate surface area is 143 Å². The molecule has 0 atom stereocenters. The van der Waals surface area contributed by atoms with Gasteiger partial charge < -0.3 is 5.32 Å². The first-order valence-electron chi connectivity index (χ1n) is 7.63. The second-order valence-electron chi connectivity index (χ2n) is 5.34. The lowest BCUT2D eigenvalue weighted by Crippen LogP contribution is -2.00. The minimum Gasteiger partial charge on any atom is -0.324 e. The van der Waals surface area contributed by atoms with Crippen LogP contribution in [0.15, 0.2) is 68.0 Å². The third-order valence-electron chi connectivity index (χ3n) is 3.57. The van der Waals surface area contributed by atoms with Gasteiger partial charge in [0.15, 0.2) is 0 Å². The van der Waals surface area contributed by atoms with E-state index in [1.54, 1.807) is 35.8 Å². The molecule has 4 aromatic rings. The number of nitrogens with one attached hydrogen (secondary N) is 1. The van der Waals surface area contributed by atoms with E-state index in [1.165, 1.54) is 12.7 Å². The molecule has 0 aliphatic heterocycles. The Bertz CT molecular complexity index is 919. The molecule has 0 amide bonds. The number of hydrogen-bond donors (Lipinski definition) is 1. The van der Waals surface area contributed by atoms with Crippen molar-refractivity contribution in [3.63, 3.8) is 0 Å². The van der Waals surface area contributed by atoms with E-state index in [2.05, 4.69) is 35.3 Å². The standard InChI is InChI=1S/C17H14N8/c1-3-16(4-2-13(1)9-25-12-20-11-23-25)24-17-21-7-15(8-22-17)14-5-18-10-19-6-14/h1-8,10-12H,9H2,(H,21,22,24). The molecule has 8 heteroatoms. The summed E-state index contributed by atoms with van der Waals surface area (Å²) in [4.78, 5) is 20.6. The zero-order valence-electron chi connectivity index (χ0n) is 13.2. The summed E-state index contributed by atoms with van der Waals surface area (Å²) in [6, 6.07) is 8.02. The Balaban J connectivity index is 1.43. The average molecular weight is 330 g/mol. The molecule has 3 heterocycles. The molecular weight excluding hydrogens is 316 g/mol. The van der Waals surface area contributed by atoms with Crippen LogP contribution in [0.1, 0.15) is 5.56 Å². The van der Waals surface area contributed by atoms with Gasteiger partial charge in [-0.3, -0.25) is 0 Å². The van der Waals surface area contributed by atoms with Crippen LogP contribution in [0.5, 0.6) is 0 Å². The number of anilines is 2. The van der Waals surface area contributed by atoms with Gasteiger partial charge in [-0.05, 0) is 17.7 Å². The molecule has 0 aliphatic carbocycles. The SMILES string of the molecule is c1ncc(-c2cnc(Nc3ccc(Cn4cncn4)cc3)nc2)cn1. The van der Waals surface area contributed by atoms with Crippen LogP contribution in [0.4, 0.5) is 11.6 Å². The Morgan fingerprint density at radius 3 is 2.20 bits per heavy atom. The normalized spacial score (nSPS) is 10.6. The molecule has 0 radical (unpaired) electrons. The van der Waals surface area contributed by atoms with Crippen molar-refractivity contribution in [3.8, 4) is 11.1 Å². The highest BCUT2D eigenvalue weighted by molar-refractivity contribution is 5.61. The lowest BCUT2D eigenvalue weighted by atomic mass is 10.2. The molecule has 1 aromatic carbocycles. The molecule has 0 fully saturated rings. The number of nitrogens with zero attached hydrogens (tertiary/aromatic N) is 7. The fraction of sp³-hybridized carbons (Fsp3) is 0.0588. The second-order valence-corrected chi connectivity index (χ2v) is 5.34. The summed E-state index contributed by atoms with van der Waals surface area (Å²) in [7, 11) is 0. The van der Waals surface area contributed by atoms with Gasteiger partial charge in [0.2, 0.25) is 5.95 Å². The fourth-order valence-electron chi connectivity index (χ4n) is 2.31. The second kappa shape index (κ2) is 6.83. The number of aromatic nitrogens is 7. The Morgan fingerprint density at radius 2 is 1.52 bits per heavy atom. The topological polar surface area (TPSA) is 94.3 Å². The van der Waals surface area contributed by atoms with Crippen molar-refractivity contribution in [2.24, 2.45) is 0 Å². The van der Waals surface area contributed by atoms with Crippen molar-refractivity contribution in [3.05, 3.63) is 73.6 Å². The summed E-state index contributed by atoms with van der Waals surface area (Å²) in [5, 5.41) is 7.28. The van der Waals surface area contributed by atoms with Crippen LogP contribution in [0, 0.1) is 0 Å². The summed E-state index contributed by atoms with van der Waals surface area (Å²) in [5.41, 5.74) is 3.80. The molecule has 25 heavy (non-hydrogen) atoms. The molecule has 0 spiro atoms. The van der Waals surface area contributed by atoms with E-state index in [1.807, 2.05) is 24.3 Å². The molecule has 8 nitrogen and oxygen atoms in total. The van der Waals surface area contributed by atoms with Gasteiger partial charge in [0.05, 0.1) is 6.54 Å². The van der Waals surface area contributed by atoms with E-state index in [0.717, 1.165) is 22.4 Å². The molecule has 0 unspecified atom stereocenters. The van der Waals surface area contributed by atoms with E-state index in [0.29, 0.717) is 12.5 Å². The smallest absolute Gasteiger partial charge is 0.227 e. The molecular formula is C17H14N8. The molecule has 1 N–H and O–H groups in total. The predicted molar refractivity (Wildman–Crippen MR) is 91.9 cm³/mol. The summed E-state index contributed by atoms with van der Waals surface area (Å²) >= 11 is 0. The van der Waals surface area contributed by atoms with Gasteiger partial charge in [-0.1, -0.05) is 12.1 Å². The van der Waals surface area contributed by atoms with Crippen molar-refractivity contribution >= 4 is 11.6 Å². The molecule has 0 saturated heterocycles. The first kappa shape index (κ1) is 14.9. The maximum atomic E-state index is 4.33. The van der Waals surface area contributed by atoms with E-state index >= 15 is 0 Å². The van der Waals surface area contributed by atoms with Gasteiger partial charge in [-0.15, -0.1) is 0 Å². The van der Waals surface area contributed by atoms with E-state index in [9.17, 15) is 0 Å². The largest absolute Gasteiger partial charge is 0.324 e. The maximum Gasteiger partial charge on any atom is 0.227 e. The summed E-state index contributed by atoms with van der Waals surface area (Å²) < 4.78 is 1.78. The van der Waals surface area contributed by atoms with Crippen LogP contribution in [0.2, 0.25) is 0 Å². The zero-order valence-corrected chi connectivity index (χ0v) is 13.2. The van der Waals surface area contributed by atoms with Crippen LogP contribution >= 0.6 is 0 Å². The fourth-order valence-corrected chi connectivity index (χ4v) is 2.31. The molecule has 0 bridgehead atoms. The Morgan fingerprint density at radius 1 is 0.800 bits per heavy atom. The number of hydrogen-bond acceptors (Lipinski definition) is 7. The predicted octanol–water partition coefficient (Wildman–Crippen LogP) is 2.32. The van der Waals surface area contributed by atoms with E-state index in [4.69, 9.17) is 0 Å². The van der Waals surface area contributed by atoms with Crippen molar-refractivity contribution < 1.29 is 0 Å². The van der Waals surface area contributed by atoms with Gasteiger partial charge in [-0.2, -0.15) is 5.10 Å². The zero-order chi connectivity index (χ0) is 16.9. The third-order valence-corrected chi connectivity index (χ3v) is 3.57. The first-order chi connectivity index (χ1) is 12.4. The van der Waals surface area contributed by atoms with Gasteiger partial charge in [-0.25, -0.2) is 29.6 Å². The van der Waals surface area contributed by atoms with Crippen molar-refractivity contribution in [2.75, 3.05) is 5.32 Å². The minimum absolute atomic E-state index is 0.532. The van der Waals surface area contributed by atoms with Gasteiger partial charge in [0, 0.05) is 41.6 Å². The molecule has 0 saturated carbocycles. The van der Waals surface area contributed by atoms with Crippen molar-refractivity contribution in [1.82, 2.24) is 34.7 Å². The minimum atomic E-state index is 0.532. The highest BCUT2D eigenvalue weighted by atomic mass is 15.3. The molecule has 3 aromatic heterocycles. The monoisotopic (exact) mass is 330 g/mol. The van der Waals surface area contributed by atoms with Gasteiger partial charge in [0.1, 0.15) is 19.0 Å². The lowest BCUT2D eigenvalue weighted by Gasteiger charge is -2.07. The van der Waals surface area contributed by atoms with Crippen molar-refractivity contribution in [2.45, 2.75) is 6.54 Å². The molecule has 0 aliphatic rings. The van der Waals surface area contributed by atoms with Crippen LogP contribution < -0.4 is 5.32 Å². The molecule has 122 valence electrons. The number of rotatable bonds is 5. The lowest BCUT2D eigenvalue weighted by molar-refractivity contribution is 0.685. The van der Waals surface area contributed by atoms with Crippen LogP contribution in [-0.2, 0) is 6.54 Å². The quantitative estimate of drug-likeness (QED) is 0.600. The van der Waals surface area contributed by atoms with Gasteiger partial charge >= 0.3 is 0 Å². The highest BCUT2D eigenvalue weighted by Crippen LogP contribution is 2.18.